The molecule has 0 aliphatic carbocycles. The van der Waals surface area contributed by atoms with Crippen molar-refractivity contribution >= 4 is 15.9 Å². The zero-order valence-electron chi connectivity index (χ0n) is 10.3. The molecule has 2 rings (SSSR count). The van der Waals surface area contributed by atoms with Crippen molar-refractivity contribution in [1.29, 1.82) is 0 Å². The van der Waals surface area contributed by atoms with Gasteiger partial charge in [-0.1, -0.05) is 12.1 Å². The number of nitrogens with zero attached hydrogens (tertiary/aromatic N) is 3. The molecule has 2 unspecified atom stereocenters. The van der Waals surface area contributed by atoms with Crippen molar-refractivity contribution in [2.24, 2.45) is 7.05 Å². The largest absolute Gasteiger partial charge is 0.376 e. The molecular weight excluding hydrogens is 284 g/mol. The molecule has 2 heterocycles. The molecule has 0 radical (unpaired) electrons. The summed E-state index contributed by atoms with van der Waals surface area (Å²) in [6, 6.07) is 0.162. The standard InChI is InChI=1S/C11H19BrN4O/c1-3-13-9(8-6-4-5-7-17-8)10-11(12)14-15-16(10)2/h8-9,13H,3-7H2,1-2H3. The normalized spacial score (nSPS) is 22.6. The highest BCUT2D eigenvalue weighted by Crippen LogP contribution is 2.29. The molecule has 0 amide bonds. The van der Waals surface area contributed by atoms with Gasteiger partial charge in [-0.2, -0.15) is 0 Å². The molecule has 1 aliphatic heterocycles. The molecule has 1 N–H and O–H groups in total. The van der Waals surface area contributed by atoms with Crippen LogP contribution in [-0.2, 0) is 11.8 Å². The minimum Gasteiger partial charge on any atom is -0.376 e. The van der Waals surface area contributed by atoms with E-state index in [1.54, 1.807) is 0 Å². The summed E-state index contributed by atoms with van der Waals surface area (Å²) in [5.41, 5.74) is 1.07. The van der Waals surface area contributed by atoms with Gasteiger partial charge in [-0.05, 0) is 41.7 Å². The van der Waals surface area contributed by atoms with Crippen LogP contribution in [0.25, 0.3) is 0 Å². The molecule has 1 aliphatic rings. The molecule has 1 aromatic heterocycles. The molecule has 6 heteroatoms. The van der Waals surface area contributed by atoms with E-state index in [1.165, 1.54) is 12.8 Å². The molecule has 1 aromatic rings. The number of hydrogen-bond donors (Lipinski definition) is 1. The fourth-order valence-electron chi connectivity index (χ4n) is 2.32. The number of likely N-dealkylation sites (N-methyl/N-ethyl adjacent to an activating group) is 1. The fraction of sp³-hybridized carbons (Fsp3) is 0.818. The SMILES string of the molecule is CCNC(c1c(Br)nnn1C)C1CCCCO1. The van der Waals surface area contributed by atoms with Gasteiger partial charge < -0.3 is 10.1 Å². The molecule has 0 spiro atoms. The predicted octanol–water partition coefficient (Wildman–Crippen LogP) is 1.80. The molecule has 96 valence electrons. The molecule has 5 nitrogen and oxygen atoms in total. The first-order valence-corrected chi connectivity index (χ1v) is 6.93. The maximum atomic E-state index is 5.87. The second-order valence-corrected chi connectivity index (χ2v) is 5.08. The van der Waals surface area contributed by atoms with Crippen LogP contribution in [0.1, 0.15) is 37.9 Å². The molecule has 0 aromatic carbocycles. The first-order chi connectivity index (χ1) is 8.24. The highest BCUT2D eigenvalue weighted by atomic mass is 79.9. The van der Waals surface area contributed by atoms with E-state index in [0.717, 1.165) is 29.9 Å². The van der Waals surface area contributed by atoms with Crippen molar-refractivity contribution in [3.63, 3.8) is 0 Å². The van der Waals surface area contributed by atoms with E-state index in [9.17, 15) is 0 Å². The summed E-state index contributed by atoms with van der Waals surface area (Å²) in [6.45, 7) is 3.87. The lowest BCUT2D eigenvalue weighted by Crippen LogP contribution is -2.37. The van der Waals surface area contributed by atoms with Gasteiger partial charge in [0.15, 0.2) is 4.60 Å². The van der Waals surface area contributed by atoms with Gasteiger partial charge >= 0.3 is 0 Å². The van der Waals surface area contributed by atoms with Crippen molar-refractivity contribution in [1.82, 2.24) is 20.3 Å². The minimum absolute atomic E-state index is 0.162. The van der Waals surface area contributed by atoms with Crippen LogP contribution in [-0.4, -0.2) is 34.2 Å². The number of hydrogen-bond acceptors (Lipinski definition) is 4. The molecule has 1 saturated heterocycles. The zero-order valence-corrected chi connectivity index (χ0v) is 11.9. The van der Waals surface area contributed by atoms with E-state index in [2.05, 4.69) is 38.5 Å². The Bertz CT molecular complexity index is 343. The van der Waals surface area contributed by atoms with Gasteiger partial charge in [0.25, 0.3) is 0 Å². The highest BCUT2D eigenvalue weighted by Gasteiger charge is 2.29. The number of halogens is 1. The maximum Gasteiger partial charge on any atom is 0.153 e. The number of rotatable bonds is 4. The van der Waals surface area contributed by atoms with Crippen molar-refractivity contribution < 1.29 is 4.74 Å². The van der Waals surface area contributed by atoms with Crippen LogP contribution in [0.5, 0.6) is 0 Å². The van der Waals surface area contributed by atoms with Crippen molar-refractivity contribution in [3.8, 4) is 0 Å². The van der Waals surface area contributed by atoms with Crippen LogP contribution in [0, 0.1) is 0 Å². The lowest BCUT2D eigenvalue weighted by Gasteiger charge is -2.31. The van der Waals surface area contributed by atoms with E-state index < -0.39 is 0 Å². The average molecular weight is 303 g/mol. The predicted molar refractivity (Wildman–Crippen MR) is 68.7 cm³/mol. The topological polar surface area (TPSA) is 52.0 Å². The zero-order chi connectivity index (χ0) is 12.3. The lowest BCUT2D eigenvalue weighted by atomic mass is 10.00. The second kappa shape index (κ2) is 5.93. The third-order valence-electron chi connectivity index (χ3n) is 3.13. The van der Waals surface area contributed by atoms with E-state index >= 15 is 0 Å². The second-order valence-electron chi connectivity index (χ2n) is 4.33. The Balaban J connectivity index is 2.21. The summed E-state index contributed by atoms with van der Waals surface area (Å²) >= 11 is 3.46. The third-order valence-corrected chi connectivity index (χ3v) is 3.70. The summed E-state index contributed by atoms with van der Waals surface area (Å²) in [4.78, 5) is 0. The number of nitrogens with one attached hydrogen (secondary N) is 1. The molecule has 0 saturated carbocycles. The Morgan fingerprint density at radius 1 is 1.59 bits per heavy atom. The van der Waals surface area contributed by atoms with Crippen molar-refractivity contribution in [2.45, 2.75) is 38.3 Å². The summed E-state index contributed by atoms with van der Waals surface area (Å²) in [5.74, 6) is 0. The molecular formula is C11H19BrN4O. The number of aromatic nitrogens is 3. The fourth-order valence-corrected chi connectivity index (χ4v) is 2.90. The van der Waals surface area contributed by atoms with Crippen LogP contribution >= 0.6 is 15.9 Å². The van der Waals surface area contributed by atoms with Crippen molar-refractivity contribution in [2.75, 3.05) is 13.2 Å². The average Bonchev–Trinajstić information content (AvgIpc) is 2.68. The first kappa shape index (κ1) is 13.0. The van der Waals surface area contributed by atoms with Gasteiger partial charge in [0.1, 0.15) is 0 Å². The Morgan fingerprint density at radius 2 is 2.41 bits per heavy atom. The smallest absolute Gasteiger partial charge is 0.153 e. The number of aryl methyl sites for hydroxylation is 1. The lowest BCUT2D eigenvalue weighted by molar-refractivity contribution is -0.00964. The third kappa shape index (κ3) is 2.86. The summed E-state index contributed by atoms with van der Waals surface area (Å²) in [5, 5.41) is 11.6. The molecule has 2 atom stereocenters. The quantitative estimate of drug-likeness (QED) is 0.921. The monoisotopic (exact) mass is 302 g/mol. The number of ether oxygens (including phenoxy) is 1. The van der Waals surface area contributed by atoms with Crippen LogP contribution in [0.15, 0.2) is 4.60 Å². The Labute approximate surface area is 110 Å². The van der Waals surface area contributed by atoms with Gasteiger partial charge in [-0.15, -0.1) is 5.10 Å². The van der Waals surface area contributed by atoms with E-state index in [0.29, 0.717) is 0 Å². The van der Waals surface area contributed by atoms with Gasteiger partial charge in [0.2, 0.25) is 0 Å². The van der Waals surface area contributed by atoms with Gasteiger partial charge in [-0.3, -0.25) is 0 Å². The molecule has 17 heavy (non-hydrogen) atoms. The van der Waals surface area contributed by atoms with Crippen molar-refractivity contribution in [3.05, 3.63) is 10.3 Å². The molecule has 0 bridgehead atoms. The van der Waals surface area contributed by atoms with E-state index in [-0.39, 0.29) is 12.1 Å². The van der Waals surface area contributed by atoms with Gasteiger partial charge in [0.05, 0.1) is 17.8 Å². The van der Waals surface area contributed by atoms with E-state index in [4.69, 9.17) is 4.74 Å². The maximum absolute atomic E-state index is 5.87. The van der Waals surface area contributed by atoms with Crippen LogP contribution in [0.4, 0.5) is 0 Å². The van der Waals surface area contributed by atoms with Crippen LogP contribution in [0.2, 0.25) is 0 Å². The van der Waals surface area contributed by atoms with Gasteiger partial charge in [-0.25, -0.2) is 4.68 Å². The summed E-state index contributed by atoms with van der Waals surface area (Å²) in [6.07, 6.45) is 3.71. The first-order valence-electron chi connectivity index (χ1n) is 6.14. The van der Waals surface area contributed by atoms with E-state index in [1.807, 2.05) is 11.7 Å². The summed E-state index contributed by atoms with van der Waals surface area (Å²) < 4.78 is 8.49. The highest BCUT2D eigenvalue weighted by molar-refractivity contribution is 9.10. The minimum atomic E-state index is 0.162. The van der Waals surface area contributed by atoms with Gasteiger partial charge in [0, 0.05) is 13.7 Å². The van der Waals surface area contributed by atoms with Crippen LogP contribution < -0.4 is 5.32 Å². The van der Waals surface area contributed by atoms with Crippen LogP contribution in [0.3, 0.4) is 0 Å². The summed E-state index contributed by atoms with van der Waals surface area (Å²) in [7, 11) is 1.92. The molecule has 1 fully saturated rings. The Kier molecular flexibility index (Phi) is 4.53. The Hall–Kier alpha value is -0.460. The Morgan fingerprint density at radius 3 is 2.94 bits per heavy atom.